The molecule has 0 bridgehead atoms. The summed E-state index contributed by atoms with van der Waals surface area (Å²) in [7, 11) is 0. The predicted octanol–water partition coefficient (Wildman–Crippen LogP) is 13.5. The number of fused-ring (bicyclic) bond motifs is 10. The smallest absolute Gasteiger partial charge is 0.0547 e. The molecule has 242 valence electrons. The molecule has 2 aromatic heterocycles. The Hall–Kier alpha value is -6.90. The van der Waals surface area contributed by atoms with Gasteiger partial charge in [-0.15, -0.1) is 0 Å². The van der Waals surface area contributed by atoms with Crippen LogP contribution in [0.4, 0.5) is 0 Å². The molecule has 9 aromatic carbocycles. The summed E-state index contributed by atoms with van der Waals surface area (Å²) >= 11 is 0. The maximum Gasteiger partial charge on any atom is 0.0547 e. The van der Waals surface area contributed by atoms with E-state index in [4.69, 9.17) is 0 Å². The van der Waals surface area contributed by atoms with Gasteiger partial charge in [-0.2, -0.15) is 0 Å². The third-order valence-corrected chi connectivity index (χ3v) is 10.9. The van der Waals surface area contributed by atoms with Crippen LogP contribution in [-0.2, 0) is 0 Å². The molecule has 2 heterocycles. The molecular weight excluding hydrogens is 629 g/mol. The summed E-state index contributed by atoms with van der Waals surface area (Å²) in [6.07, 6.45) is 0. The van der Waals surface area contributed by atoms with Crippen LogP contribution in [0.2, 0.25) is 0 Å². The van der Waals surface area contributed by atoms with Gasteiger partial charge in [-0.1, -0.05) is 133 Å². The van der Waals surface area contributed by atoms with E-state index in [0.717, 1.165) is 5.69 Å². The number of hydrogen-bond acceptors (Lipinski definition) is 0. The summed E-state index contributed by atoms with van der Waals surface area (Å²) in [5.74, 6) is 0. The van der Waals surface area contributed by atoms with Crippen LogP contribution in [0.5, 0.6) is 0 Å². The fraction of sp³-hybridized carbons (Fsp3) is 0. The van der Waals surface area contributed by atoms with Crippen molar-refractivity contribution >= 4 is 65.2 Å². The normalized spacial score (nSPS) is 11.8. The van der Waals surface area contributed by atoms with E-state index in [1.165, 1.54) is 93.1 Å². The van der Waals surface area contributed by atoms with Crippen LogP contribution in [0.25, 0.3) is 98.8 Å². The average Bonchev–Trinajstić information content (AvgIpc) is 3.74. The lowest BCUT2D eigenvalue weighted by Gasteiger charge is -2.11. The maximum atomic E-state index is 2.44. The van der Waals surface area contributed by atoms with E-state index in [9.17, 15) is 0 Å². The summed E-state index contributed by atoms with van der Waals surface area (Å²) in [6.45, 7) is 0. The topological polar surface area (TPSA) is 9.86 Å². The lowest BCUT2D eigenvalue weighted by atomic mass is 9.98. The van der Waals surface area contributed by atoms with Crippen molar-refractivity contribution in [2.45, 2.75) is 0 Å². The SMILES string of the molecule is c1ccc(-c2cccc(-n3c4ccc(-c5ccc6c(c5)c5c7ccccc7ccc5n6-c5ccccc5)cc4c4c5ccccc5ccc43)c2)cc1. The zero-order chi connectivity index (χ0) is 34.2. The minimum absolute atomic E-state index is 1.16. The molecule has 11 rings (SSSR count). The first-order valence-electron chi connectivity index (χ1n) is 17.9. The van der Waals surface area contributed by atoms with E-state index in [0.29, 0.717) is 0 Å². The number of para-hydroxylation sites is 1. The van der Waals surface area contributed by atoms with Crippen molar-refractivity contribution in [1.29, 1.82) is 0 Å². The largest absolute Gasteiger partial charge is 0.309 e. The summed E-state index contributed by atoms with van der Waals surface area (Å²) < 4.78 is 4.85. The third-order valence-electron chi connectivity index (χ3n) is 10.9. The predicted molar refractivity (Wildman–Crippen MR) is 221 cm³/mol. The van der Waals surface area contributed by atoms with Crippen LogP contribution in [0.1, 0.15) is 0 Å². The van der Waals surface area contributed by atoms with Crippen molar-refractivity contribution in [2.24, 2.45) is 0 Å². The first-order chi connectivity index (χ1) is 25.8. The Kier molecular flexibility index (Phi) is 6.28. The molecule has 0 aliphatic carbocycles. The van der Waals surface area contributed by atoms with Gasteiger partial charge in [-0.25, -0.2) is 0 Å². The van der Waals surface area contributed by atoms with Crippen LogP contribution >= 0.6 is 0 Å². The van der Waals surface area contributed by atoms with Crippen molar-refractivity contribution in [3.8, 4) is 33.6 Å². The fourth-order valence-corrected chi connectivity index (χ4v) is 8.53. The molecule has 0 saturated heterocycles. The standard InChI is InChI=1S/C50H32N2/c1-3-12-33(13-4-1)36-16-11-19-40(30-36)52-46-27-25-38(32-44(46)50-42-21-10-8-15-35(42)23-29-48(50)52)37-24-26-45-43(31-37)49-41-20-9-7-14-34(41)22-28-47(49)51(45)39-17-5-2-6-18-39/h1-32H. The Balaban J connectivity index is 1.17. The number of hydrogen-bond donors (Lipinski definition) is 0. The molecule has 0 N–H and O–H groups in total. The highest BCUT2D eigenvalue weighted by Gasteiger charge is 2.19. The quantitative estimate of drug-likeness (QED) is 0.178. The van der Waals surface area contributed by atoms with E-state index in [2.05, 4.69) is 203 Å². The summed E-state index contributed by atoms with van der Waals surface area (Å²) in [5, 5.41) is 10.1. The fourth-order valence-electron chi connectivity index (χ4n) is 8.53. The molecule has 0 spiro atoms. The average molecular weight is 661 g/mol. The molecule has 0 saturated carbocycles. The van der Waals surface area contributed by atoms with Crippen molar-refractivity contribution in [1.82, 2.24) is 9.13 Å². The lowest BCUT2D eigenvalue weighted by molar-refractivity contribution is 1.18. The molecule has 11 aromatic rings. The highest BCUT2D eigenvalue weighted by molar-refractivity contribution is 6.23. The second-order valence-corrected chi connectivity index (χ2v) is 13.7. The second kappa shape index (κ2) is 11.3. The monoisotopic (exact) mass is 660 g/mol. The second-order valence-electron chi connectivity index (χ2n) is 13.7. The number of nitrogens with zero attached hydrogens (tertiary/aromatic N) is 2. The van der Waals surface area contributed by atoms with Crippen LogP contribution in [0.3, 0.4) is 0 Å². The van der Waals surface area contributed by atoms with Gasteiger partial charge in [0.15, 0.2) is 0 Å². The molecule has 52 heavy (non-hydrogen) atoms. The van der Waals surface area contributed by atoms with Gasteiger partial charge in [0.25, 0.3) is 0 Å². The third kappa shape index (κ3) is 4.31. The Morgan fingerprint density at radius 1 is 0.250 bits per heavy atom. The minimum atomic E-state index is 1.16. The number of benzene rings is 9. The van der Waals surface area contributed by atoms with Crippen molar-refractivity contribution < 1.29 is 0 Å². The van der Waals surface area contributed by atoms with Gasteiger partial charge in [0.05, 0.1) is 22.1 Å². The molecule has 2 nitrogen and oxygen atoms in total. The Bertz CT molecular complexity index is 3160. The van der Waals surface area contributed by atoms with Gasteiger partial charge in [0, 0.05) is 32.9 Å². The molecule has 0 radical (unpaired) electrons. The summed E-state index contributed by atoms with van der Waals surface area (Å²) in [4.78, 5) is 0. The van der Waals surface area contributed by atoms with E-state index < -0.39 is 0 Å². The van der Waals surface area contributed by atoms with Crippen molar-refractivity contribution in [2.75, 3.05) is 0 Å². The van der Waals surface area contributed by atoms with Crippen molar-refractivity contribution in [3.63, 3.8) is 0 Å². The highest BCUT2D eigenvalue weighted by atomic mass is 15.0. The van der Waals surface area contributed by atoms with Crippen LogP contribution < -0.4 is 0 Å². The molecule has 0 fully saturated rings. The first kappa shape index (κ1) is 28.9. The first-order valence-corrected chi connectivity index (χ1v) is 17.9. The Morgan fingerprint density at radius 3 is 1.29 bits per heavy atom. The Labute approximate surface area is 301 Å². The molecule has 0 amide bonds. The van der Waals surface area contributed by atoms with Crippen LogP contribution in [-0.4, -0.2) is 9.13 Å². The van der Waals surface area contributed by atoms with Gasteiger partial charge in [-0.05, 0) is 104 Å². The van der Waals surface area contributed by atoms with Gasteiger partial charge in [0.2, 0.25) is 0 Å². The van der Waals surface area contributed by atoms with Crippen LogP contribution in [0.15, 0.2) is 194 Å². The highest BCUT2D eigenvalue weighted by Crippen LogP contribution is 2.42. The van der Waals surface area contributed by atoms with E-state index >= 15 is 0 Å². The van der Waals surface area contributed by atoms with E-state index in [-0.39, 0.29) is 0 Å². The molecule has 2 heteroatoms. The van der Waals surface area contributed by atoms with Crippen molar-refractivity contribution in [3.05, 3.63) is 194 Å². The molecule has 0 unspecified atom stereocenters. The van der Waals surface area contributed by atoms with Gasteiger partial charge in [-0.3, -0.25) is 0 Å². The minimum Gasteiger partial charge on any atom is -0.309 e. The number of aromatic nitrogens is 2. The zero-order valence-corrected chi connectivity index (χ0v) is 28.4. The van der Waals surface area contributed by atoms with Gasteiger partial charge >= 0.3 is 0 Å². The lowest BCUT2D eigenvalue weighted by Crippen LogP contribution is -1.94. The van der Waals surface area contributed by atoms with Crippen LogP contribution in [0, 0.1) is 0 Å². The Morgan fingerprint density at radius 2 is 0.692 bits per heavy atom. The van der Waals surface area contributed by atoms with E-state index in [1.807, 2.05) is 0 Å². The van der Waals surface area contributed by atoms with Gasteiger partial charge in [0.1, 0.15) is 0 Å². The summed E-state index contributed by atoms with van der Waals surface area (Å²) in [6, 6.07) is 71.0. The molecular formula is C50H32N2. The molecule has 0 atom stereocenters. The number of rotatable bonds is 4. The van der Waals surface area contributed by atoms with E-state index in [1.54, 1.807) is 0 Å². The summed E-state index contributed by atoms with van der Waals surface area (Å²) in [5.41, 5.74) is 12.0. The molecule has 0 aliphatic heterocycles. The van der Waals surface area contributed by atoms with Gasteiger partial charge < -0.3 is 9.13 Å². The molecule has 0 aliphatic rings. The maximum absolute atomic E-state index is 2.44. The zero-order valence-electron chi connectivity index (χ0n) is 28.4.